The van der Waals surface area contributed by atoms with E-state index < -0.39 is 23.8 Å². The molecular formula is C31H36N2O5. The first-order valence-electron chi connectivity index (χ1n) is 13.0. The summed E-state index contributed by atoms with van der Waals surface area (Å²) in [5.74, 6) is -0.456. The van der Waals surface area contributed by atoms with E-state index >= 15 is 0 Å². The molecule has 0 saturated carbocycles. The summed E-state index contributed by atoms with van der Waals surface area (Å²) in [6.07, 6.45) is -0.328. The van der Waals surface area contributed by atoms with E-state index in [9.17, 15) is 14.7 Å². The smallest absolute Gasteiger partial charge is 0.410 e. The van der Waals surface area contributed by atoms with Gasteiger partial charge < -0.3 is 19.6 Å². The summed E-state index contributed by atoms with van der Waals surface area (Å²) in [6, 6.07) is 26.2. The quantitative estimate of drug-likeness (QED) is 0.453. The molecule has 0 aliphatic carbocycles. The van der Waals surface area contributed by atoms with E-state index in [0.717, 1.165) is 16.7 Å². The average Bonchev–Trinajstić information content (AvgIpc) is 2.88. The number of hydroxylamine groups is 2. The fourth-order valence-corrected chi connectivity index (χ4v) is 4.57. The number of hydrogen-bond acceptors (Lipinski definition) is 6. The zero-order valence-corrected chi connectivity index (χ0v) is 22.2. The van der Waals surface area contributed by atoms with Gasteiger partial charge in [-0.25, -0.2) is 9.59 Å². The molecule has 0 spiro atoms. The van der Waals surface area contributed by atoms with Crippen molar-refractivity contribution in [3.63, 3.8) is 0 Å². The summed E-state index contributed by atoms with van der Waals surface area (Å²) in [7, 11) is 0. The lowest BCUT2D eigenvalue weighted by molar-refractivity contribution is -0.154. The zero-order chi connectivity index (χ0) is 27.1. The van der Waals surface area contributed by atoms with Crippen LogP contribution in [0.25, 0.3) is 0 Å². The minimum absolute atomic E-state index is 0.0857. The Labute approximate surface area is 224 Å². The highest BCUT2D eigenvalue weighted by atomic mass is 16.7. The molecule has 0 fully saturated rings. The SMILES string of the molecule is CC(C)(C)OC(=O)N(C[C@H](O)Cc1ccccc1)C[C@@H]1Cc2ccccc2CN1OC(=O)c1ccccc1. The van der Waals surface area contributed by atoms with Crippen molar-refractivity contribution < 1.29 is 24.3 Å². The van der Waals surface area contributed by atoms with Gasteiger partial charge in [0.2, 0.25) is 0 Å². The van der Waals surface area contributed by atoms with Crippen molar-refractivity contribution in [2.45, 2.75) is 57.9 Å². The molecule has 0 saturated heterocycles. The molecule has 1 heterocycles. The Morgan fingerprint density at radius 3 is 2.21 bits per heavy atom. The van der Waals surface area contributed by atoms with Crippen molar-refractivity contribution in [3.05, 3.63) is 107 Å². The molecule has 7 heteroatoms. The molecule has 1 aliphatic heterocycles. The van der Waals surface area contributed by atoms with Gasteiger partial charge >= 0.3 is 12.1 Å². The largest absolute Gasteiger partial charge is 0.444 e. The minimum Gasteiger partial charge on any atom is -0.444 e. The summed E-state index contributed by atoms with van der Waals surface area (Å²) >= 11 is 0. The number of amides is 1. The third-order valence-corrected chi connectivity index (χ3v) is 6.35. The Balaban J connectivity index is 1.55. The molecular weight excluding hydrogens is 480 g/mol. The molecule has 1 aliphatic rings. The van der Waals surface area contributed by atoms with Crippen molar-refractivity contribution in [3.8, 4) is 0 Å². The van der Waals surface area contributed by atoms with E-state index in [1.54, 1.807) is 29.3 Å². The number of hydrogen-bond donors (Lipinski definition) is 1. The fourth-order valence-electron chi connectivity index (χ4n) is 4.57. The topological polar surface area (TPSA) is 79.3 Å². The van der Waals surface area contributed by atoms with Gasteiger partial charge in [0.15, 0.2) is 0 Å². The van der Waals surface area contributed by atoms with Gasteiger partial charge in [-0.1, -0.05) is 72.8 Å². The molecule has 3 aromatic carbocycles. The van der Waals surface area contributed by atoms with Crippen molar-refractivity contribution >= 4 is 12.1 Å². The lowest BCUT2D eigenvalue weighted by Crippen LogP contribution is -2.52. The van der Waals surface area contributed by atoms with E-state index in [4.69, 9.17) is 9.57 Å². The highest BCUT2D eigenvalue weighted by Crippen LogP contribution is 2.26. The standard InChI is InChI=1S/C31H36N2O5/c1-31(2,3)37-30(36)32(22-28(34)18-23-12-6-4-7-13-23)21-27-19-25-16-10-11-17-26(25)20-33(27)38-29(35)24-14-8-5-9-15-24/h4-17,27-28,34H,18-22H2,1-3H3/t27-,28+/m0/s1. The monoisotopic (exact) mass is 516 g/mol. The van der Waals surface area contributed by atoms with Crippen LogP contribution < -0.4 is 0 Å². The van der Waals surface area contributed by atoms with Crippen molar-refractivity contribution in [1.29, 1.82) is 0 Å². The van der Waals surface area contributed by atoms with Crippen LogP contribution in [0.4, 0.5) is 4.79 Å². The number of carbonyl (C=O) groups excluding carboxylic acids is 2. The van der Waals surface area contributed by atoms with Gasteiger partial charge in [-0.2, -0.15) is 0 Å². The van der Waals surface area contributed by atoms with Crippen LogP contribution >= 0.6 is 0 Å². The van der Waals surface area contributed by atoms with Gasteiger partial charge in [0.1, 0.15) is 5.60 Å². The number of aliphatic hydroxyl groups excluding tert-OH is 1. The van der Waals surface area contributed by atoms with Gasteiger partial charge in [0.05, 0.1) is 30.8 Å². The first-order chi connectivity index (χ1) is 18.2. The third-order valence-electron chi connectivity index (χ3n) is 6.35. The van der Waals surface area contributed by atoms with E-state index in [0.29, 0.717) is 24.9 Å². The predicted molar refractivity (Wildman–Crippen MR) is 145 cm³/mol. The molecule has 200 valence electrons. The fraction of sp³-hybridized carbons (Fsp3) is 0.355. The number of nitrogens with zero attached hydrogens (tertiary/aromatic N) is 2. The average molecular weight is 517 g/mol. The molecule has 1 amide bonds. The number of aliphatic hydroxyl groups is 1. The minimum atomic E-state index is -0.791. The van der Waals surface area contributed by atoms with Crippen LogP contribution in [0.1, 0.15) is 47.8 Å². The summed E-state index contributed by atoms with van der Waals surface area (Å²) in [4.78, 5) is 33.6. The van der Waals surface area contributed by atoms with E-state index in [-0.39, 0.29) is 19.1 Å². The third kappa shape index (κ3) is 7.66. The van der Waals surface area contributed by atoms with Gasteiger partial charge in [-0.15, -0.1) is 5.06 Å². The normalized spacial score (nSPS) is 16.3. The van der Waals surface area contributed by atoms with Crippen LogP contribution in [-0.2, 0) is 29.0 Å². The lowest BCUT2D eigenvalue weighted by atomic mass is 9.95. The van der Waals surface area contributed by atoms with Crippen molar-refractivity contribution in [1.82, 2.24) is 9.96 Å². The van der Waals surface area contributed by atoms with Gasteiger partial charge in [-0.3, -0.25) is 0 Å². The van der Waals surface area contributed by atoms with E-state index in [1.807, 2.05) is 75.4 Å². The molecule has 38 heavy (non-hydrogen) atoms. The second-order valence-electron chi connectivity index (χ2n) is 10.7. The number of carbonyl (C=O) groups is 2. The predicted octanol–water partition coefficient (Wildman–Crippen LogP) is 5.03. The Bertz CT molecular complexity index is 1210. The number of benzene rings is 3. The molecule has 0 bridgehead atoms. The molecule has 1 N–H and O–H groups in total. The van der Waals surface area contributed by atoms with Gasteiger partial charge in [-0.05, 0) is 56.0 Å². The maximum absolute atomic E-state index is 13.3. The van der Waals surface area contributed by atoms with Gasteiger partial charge in [0, 0.05) is 13.0 Å². The summed E-state index contributed by atoms with van der Waals surface area (Å²) in [5.41, 5.74) is 2.94. The second kappa shape index (κ2) is 12.2. The highest BCUT2D eigenvalue weighted by Gasteiger charge is 2.34. The first-order valence-corrected chi connectivity index (χ1v) is 13.0. The number of fused-ring (bicyclic) bond motifs is 1. The van der Waals surface area contributed by atoms with Crippen molar-refractivity contribution in [2.24, 2.45) is 0 Å². The molecule has 0 aromatic heterocycles. The van der Waals surface area contributed by atoms with Crippen LogP contribution in [0.15, 0.2) is 84.9 Å². The molecule has 2 atom stereocenters. The zero-order valence-electron chi connectivity index (χ0n) is 22.2. The van der Waals surface area contributed by atoms with Crippen LogP contribution in [0.5, 0.6) is 0 Å². The van der Waals surface area contributed by atoms with Gasteiger partial charge in [0.25, 0.3) is 0 Å². The number of rotatable bonds is 8. The molecule has 0 unspecified atom stereocenters. The maximum atomic E-state index is 13.3. The molecule has 4 rings (SSSR count). The Morgan fingerprint density at radius 2 is 1.55 bits per heavy atom. The first kappa shape index (κ1) is 27.4. The van der Waals surface area contributed by atoms with Crippen LogP contribution in [0, 0.1) is 0 Å². The molecule has 0 radical (unpaired) electrons. The Morgan fingerprint density at radius 1 is 0.947 bits per heavy atom. The molecule has 3 aromatic rings. The van der Waals surface area contributed by atoms with Crippen LogP contribution in [-0.4, -0.2) is 58.0 Å². The number of ether oxygens (including phenoxy) is 1. The Hall–Kier alpha value is -3.68. The summed E-state index contributed by atoms with van der Waals surface area (Å²) < 4.78 is 5.70. The Kier molecular flexibility index (Phi) is 8.81. The van der Waals surface area contributed by atoms with Crippen LogP contribution in [0.3, 0.4) is 0 Å². The highest BCUT2D eigenvalue weighted by molar-refractivity contribution is 5.89. The second-order valence-corrected chi connectivity index (χ2v) is 10.7. The van der Waals surface area contributed by atoms with E-state index in [2.05, 4.69) is 6.07 Å². The van der Waals surface area contributed by atoms with E-state index in [1.165, 1.54) is 4.90 Å². The summed E-state index contributed by atoms with van der Waals surface area (Å²) in [5, 5.41) is 12.6. The lowest BCUT2D eigenvalue weighted by Gasteiger charge is -2.38. The van der Waals surface area contributed by atoms with Crippen molar-refractivity contribution in [2.75, 3.05) is 13.1 Å². The summed E-state index contributed by atoms with van der Waals surface area (Å²) in [6.45, 7) is 6.14. The maximum Gasteiger partial charge on any atom is 0.410 e. The molecule has 7 nitrogen and oxygen atoms in total. The van der Waals surface area contributed by atoms with Crippen LogP contribution in [0.2, 0.25) is 0 Å².